The molecule has 1 aliphatic heterocycles. The Hall–Kier alpha value is -2.35. The summed E-state index contributed by atoms with van der Waals surface area (Å²) in [5, 5.41) is 2.54. The van der Waals surface area contributed by atoms with Gasteiger partial charge in [-0.25, -0.2) is 13.2 Å². The topological polar surface area (TPSA) is 98.8 Å². The number of hydrogen-bond donors (Lipinski definition) is 1. The average Bonchev–Trinajstić information content (AvgIpc) is 2.89. The van der Waals surface area contributed by atoms with Gasteiger partial charge in [-0.3, -0.25) is 4.79 Å². The summed E-state index contributed by atoms with van der Waals surface area (Å²) in [6, 6.07) is 6.70. The minimum absolute atomic E-state index is 0.0670. The molecule has 8 heteroatoms. The smallest absolute Gasteiger partial charge is 0.331 e. The van der Waals surface area contributed by atoms with Crippen molar-refractivity contribution in [2.75, 3.05) is 25.2 Å². The van der Waals surface area contributed by atoms with E-state index in [9.17, 15) is 18.0 Å². The van der Waals surface area contributed by atoms with Crippen molar-refractivity contribution in [3.8, 4) is 5.75 Å². The van der Waals surface area contributed by atoms with E-state index in [-0.39, 0.29) is 11.5 Å². The summed E-state index contributed by atoms with van der Waals surface area (Å²) in [4.78, 5) is 23.2. The van der Waals surface area contributed by atoms with Crippen LogP contribution >= 0.6 is 0 Å². The van der Waals surface area contributed by atoms with Crippen LogP contribution in [0.15, 0.2) is 30.3 Å². The molecule has 1 aliphatic rings. The van der Waals surface area contributed by atoms with Crippen molar-refractivity contribution in [3.05, 3.63) is 35.9 Å². The highest BCUT2D eigenvalue weighted by atomic mass is 32.2. The van der Waals surface area contributed by atoms with E-state index >= 15 is 0 Å². The van der Waals surface area contributed by atoms with E-state index in [4.69, 9.17) is 9.47 Å². The highest BCUT2D eigenvalue weighted by Crippen LogP contribution is 2.13. The number of carbonyl (C=O) groups excluding carboxylic acids is 2. The molecular formula is C16H19NO6S. The summed E-state index contributed by atoms with van der Waals surface area (Å²) in [5.41, 5.74) is 0.756. The Morgan fingerprint density at radius 3 is 2.83 bits per heavy atom. The van der Waals surface area contributed by atoms with Crippen molar-refractivity contribution in [3.63, 3.8) is 0 Å². The third kappa shape index (κ3) is 5.69. The summed E-state index contributed by atoms with van der Waals surface area (Å²) in [7, 11) is -1.51. The fraction of sp³-hybridized carbons (Fsp3) is 0.375. The van der Waals surface area contributed by atoms with Crippen LogP contribution < -0.4 is 10.1 Å². The van der Waals surface area contributed by atoms with E-state index in [1.54, 1.807) is 37.5 Å². The number of sulfone groups is 1. The average molecular weight is 353 g/mol. The predicted molar refractivity (Wildman–Crippen MR) is 88.2 cm³/mol. The standard InChI is InChI=1S/C16H19NO6S/c1-22-14-4-2-3-12(9-14)5-6-16(19)23-10-15(18)17-13-7-8-24(20,21)11-13/h2-6,9,13H,7-8,10-11H2,1H3,(H,17,18)/b6-5+/t13-/m0/s1. The molecule has 2 rings (SSSR count). The normalized spacial score (nSPS) is 19.1. The molecule has 0 aliphatic carbocycles. The predicted octanol–water partition coefficient (Wildman–Crippen LogP) is 0.555. The van der Waals surface area contributed by atoms with Gasteiger partial charge < -0.3 is 14.8 Å². The summed E-state index contributed by atoms with van der Waals surface area (Å²) >= 11 is 0. The molecule has 0 unspecified atom stereocenters. The van der Waals surface area contributed by atoms with Crippen LogP contribution in [0.3, 0.4) is 0 Å². The Balaban J connectivity index is 1.76. The summed E-state index contributed by atoms with van der Waals surface area (Å²) in [6.07, 6.45) is 3.14. The van der Waals surface area contributed by atoms with Crippen LogP contribution in [0.4, 0.5) is 0 Å². The fourth-order valence-corrected chi connectivity index (χ4v) is 3.95. The molecule has 1 N–H and O–H groups in total. The lowest BCUT2D eigenvalue weighted by atomic mass is 10.2. The maximum absolute atomic E-state index is 11.6. The molecule has 1 amide bonds. The number of carbonyl (C=O) groups is 2. The largest absolute Gasteiger partial charge is 0.497 e. The van der Waals surface area contributed by atoms with Gasteiger partial charge >= 0.3 is 5.97 Å². The zero-order chi connectivity index (χ0) is 17.6. The van der Waals surface area contributed by atoms with Crippen molar-refractivity contribution in [1.82, 2.24) is 5.32 Å². The molecule has 1 saturated heterocycles. The first-order valence-electron chi connectivity index (χ1n) is 7.36. The second kappa shape index (κ2) is 7.96. The van der Waals surface area contributed by atoms with Gasteiger partial charge in [0.05, 0.1) is 18.6 Å². The molecule has 1 aromatic rings. The molecule has 1 atom stereocenters. The third-order valence-electron chi connectivity index (χ3n) is 3.45. The molecular weight excluding hydrogens is 334 g/mol. The monoisotopic (exact) mass is 353 g/mol. The van der Waals surface area contributed by atoms with Crippen LogP contribution in [0.1, 0.15) is 12.0 Å². The minimum atomic E-state index is -3.06. The van der Waals surface area contributed by atoms with Crippen LogP contribution in [-0.2, 0) is 24.2 Å². The van der Waals surface area contributed by atoms with Crippen molar-refractivity contribution in [2.24, 2.45) is 0 Å². The van der Waals surface area contributed by atoms with Crippen molar-refractivity contribution < 1.29 is 27.5 Å². The van der Waals surface area contributed by atoms with Crippen molar-refractivity contribution in [1.29, 1.82) is 0 Å². The molecule has 7 nitrogen and oxygen atoms in total. The second-order valence-corrected chi connectivity index (χ2v) is 7.61. The van der Waals surface area contributed by atoms with Crippen LogP contribution in [0.2, 0.25) is 0 Å². The molecule has 1 heterocycles. The number of nitrogens with one attached hydrogen (secondary N) is 1. The van der Waals surface area contributed by atoms with E-state index in [0.717, 1.165) is 5.56 Å². The van der Waals surface area contributed by atoms with E-state index in [1.807, 2.05) is 0 Å². The fourth-order valence-electron chi connectivity index (χ4n) is 2.27. The van der Waals surface area contributed by atoms with Gasteiger partial charge in [0.25, 0.3) is 5.91 Å². The van der Waals surface area contributed by atoms with E-state index in [1.165, 1.54) is 6.08 Å². The zero-order valence-electron chi connectivity index (χ0n) is 13.2. The van der Waals surface area contributed by atoms with Gasteiger partial charge in [0.2, 0.25) is 0 Å². The first-order chi connectivity index (χ1) is 11.4. The molecule has 0 radical (unpaired) electrons. The molecule has 1 fully saturated rings. The lowest BCUT2D eigenvalue weighted by Crippen LogP contribution is -2.38. The van der Waals surface area contributed by atoms with Gasteiger partial charge in [0.15, 0.2) is 16.4 Å². The number of rotatable bonds is 6. The van der Waals surface area contributed by atoms with Gasteiger partial charge in [-0.2, -0.15) is 0 Å². The molecule has 24 heavy (non-hydrogen) atoms. The lowest BCUT2D eigenvalue weighted by molar-refractivity contribution is -0.143. The quantitative estimate of drug-likeness (QED) is 0.592. The van der Waals surface area contributed by atoms with Crippen LogP contribution in [0.25, 0.3) is 6.08 Å². The number of hydrogen-bond acceptors (Lipinski definition) is 6. The number of esters is 1. The third-order valence-corrected chi connectivity index (χ3v) is 5.22. The molecule has 0 spiro atoms. The Bertz CT molecular complexity index is 741. The molecule has 130 valence electrons. The Kier molecular flexibility index (Phi) is 5.97. The molecule has 0 aromatic heterocycles. The van der Waals surface area contributed by atoms with Gasteiger partial charge in [0.1, 0.15) is 5.75 Å². The Labute approximate surface area is 140 Å². The first-order valence-corrected chi connectivity index (χ1v) is 9.19. The molecule has 1 aromatic carbocycles. The van der Waals surface area contributed by atoms with E-state index < -0.39 is 34.4 Å². The van der Waals surface area contributed by atoms with Crippen LogP contribution in [0, 0.1) is 0 Å². The second-order valence-electron chi connectivity index (χ2n) is 5.39. The van der Waals surface area contributed by atoms with Crippen LogP contribution in [0.5, 0.6) is 5.75 Å². The number of benzene rings is 1. The summed E-state index contributed by atoms with van der Waals surface area (Å²) < 4.78 is 32.5. The summed E-state index contributed by atoms with van der Waals surface area (Å²) in [5.74, 6) is -0.507. The van der Waals surface area contributed by atoms with Gasteiger partial charge in [-0.05, 0) is 30.2 Å². The SMILES string of the molecule is COc1cccc(/C=C/C(=O)OCC(=O)N[C@H]2CCS(=O)(=O)C2)c1. The maximum atomic E-state index is 11.6. The maximum Gasteiger partial charge on any atom is 0.331 e. The highest BCUT2D eigenvalue weighted by Gasteiger charge is 2.28. The number of amides is 1. The zero-order valence-corrected chi connectivity index (χ0v) is 14.0. The molecule has 0 bridgehead atoms. The van der Waals surface area contributed by atoms with Crippen molar-refractivity contribution >= 4 is 27.8 Å². The first kappa shape index (κ1) is 18.0. The van der Waals surface area contributed by atoms with Crippen molar-refractivity contribution in [2.45, 2.75) is 12.5 Å². The van der Waals surface area contributed by atoms with Gasteiger partial charge in [0, 0.05) is 12.1 Å². The summed E-state index contributed by atoms with van der Waals surface area (Å²) in [6.45, 7) is -0.447. The Morgan fingerprint density at radius 1 is 1.38 bits per heavy atom. The van der Waals surface area contributed by atoms with Gasteiger partial charge in [-0.15, -0.1) is 0 Å². The van der Waals surface area contributed by atoms with E-state index in [2.05, 4.69) is 5.32 Å². The Morgan fingerprint density at radius 2 is 2.17 bits per heavy atom. The number of ether oxygens (including phenoxy) is 2. The lowest BCUT2D eigenvalue weighted by Gasteiger charge is -2.10. The highest BCUT2D eigenvalue weighted by molar-refractivity contribution is 7.91. The van der Waals surface area contributed by atoms with Gasteiger partial charge in [-0.1, -0.05) is 12.1 Å². The molecule has 0 saturated carbocycles. The van der Waals surface area contributed by atoms with Crippen LogP contribution in [-0.4, -0.2) is 51.6 Å². The van der Waals surface area contributed by atoms with E-state index in [0.29, 0.717) is 12.2 Å². The minimum Gasteiger partial charge on any atom is -0.497 e. The number of methoxy groups -OCH3 is 1.